The second kappa shape index (κ2) is 1.63. The first kappa shape index (κ1) is 5.10. The number of hydrogen-bond donors (Lipinski definition) is 1. The van der Waals surface area contributed by atoms with Gasteiger partial charge in [0, 0.05) is 11.4 Å². The van der Waals surface area contributed by atoms with Gasteiger partial charge in [0.1, 0.15) is 0 Å². The summed E-state index contributed by atoms with van der Waals surface area (Å²) in [6.45, 7) is 2.12. The molecule has 2 rings (SSSR count). The van der Waals surface area contributed by atoms with Gasteiger partial charge in [-0.15, -0.1) is 0 Å². The number of rotatable bonds is 0. The number of hydrogen-bond acceptors (Lipinski definition) is 0. The molecular formula is C8H11N. The van der Waals surface area contributed by atoms with Crippen LogP contribution in [0.15, 0.2) is 6.07 Å². The summed E-state index contributed by atoms with van der Waals surface area (Å²) in [6.07, 6.45) is 3.91. The Morgan fingerprint density at radius 2 is 2.33 bits per heavy atom. The predicted octanol–water partition coefficient (Wildman–Crippen LogP) is 1.81. The van der Waals surface area contributed by atoms with Gasteiger partial charge in [-0.25, -0.2) is 0 Å². The third-order valence-corrected chi connectivity index (χ3v) is 2.00. The first-order valence-electron chi connectivity index (χ1n) is 3.53. The van der Waals surface area contributed by atoms with Crippen molar-refractivity contribution in [2.45, 2.75) is 26.2 Å². The zero-order valence-corrected chi connectivity index (χ0v) is 5.70. The van der Waals surface area contributed by atoms with Gasteiger partial charge in [0.15, 0.2) is 0 Å². The van der Waals surface area contributed by atoms with Crippen LogP contribution in [0.5, 0.6) is 0 Å². The lowest BCUT2D eigenvalue weighted by atomic mass is 10.2. The van der Waals surface area contributed by atoms with Gasteiger partial charge in [-0.2, -0.15) is 0 Å². The first-order chi connectivity index (χ1) is 4.36. The molecule has 0 aromatic carbocycles. The van der Waals surface area contributed by atoms with E-state index in [4.69, 9.17) is 0 Å². The Bertz CT molecular complexity index is 201. The van der Waals surface area contributed by atoms with E-state index in [0.717, 1.165) is 0 Å². The van der Waals surface area contributed by atoms with Crippen LogP contribution in [0.3, 0.4) is 0 Å². The molecule has 0 saturated carbocycles. The van der Waals surface area contributed by atoms with Crippen molar-refractivity contribution in [3.63, 3.8) is 0 Å². The highest BCUT2D eigenvalue weighted by molar-refractivity contribution is 5.28. The van der Waals surface area contributed by atoms with Gasteiger partial charge in [0.05, 0.1) is 0 Å². The molecular weight excluding hydrogens is 110 g/mol. The summed E-state index contributed by atoms with van der Waals surface area (Å²) in [4.78, 5) is 3.36. The minimum Gasteiger partial charge on any atom is -0.362 e. The molecule has 1 aromatic rings. The minimum atomic E-state index is 1.27. The number of aryl methyl sites for hydroxylation is 3. The fraction of sp³-hybridized carbons (Fsp3) is 0.500. The molecule has 0 bridgehead atoms. The monoisotopic (exact) mass is 121 g/mol. The molecule has 0 atom stereocenters. The lowest BCUT2D eigenvalue weighted by Crippen LogP contribution is -1.77. The van der Waals surface area contributed by atoms with E-state index >= 15 is 0 Å². The topological polar surface area (TPSA) is 15.8 Å². The summed E-state index contributed by atoms with van der Waals surface area (Å²) in [7, 11) is 0. The van der Waals surface area contributed by atoms with Gasteiger partial charge in [-0.1, -0.05) is 0 Å². The average Bonchev–Trinajstić information content (AvgIpc) is 2.22. The van der Waals surface area contributed by atoms with Crippen LogP contribution in [0.25, 0.3) is 0 Å². The first-order valence-corrected chi connectivity index (χ1v) is 3.53. The fourth-order valence-electron chi connectivity index (χ4n) is 1.60. The average molecular weight is 121 g/mol. The Labute approximate surface area is 55.1 Å². The molecule has 9 heavy (non-hydrogen) atoms. The molecule has 1 aliphatic carbocycles. The van der Waals surface area contributed by atoms with E-state index in [-0.39, 0.29) is 0 Å². The highest BCUT2D eigenvalue weighted by atomic mass is 14.7. The highest BCUT2D eigenvalue weighted by Crippen LogP contribution is 2.21. The van der Waals surface area contributed by atoms with Crippen LogP contribution in [-0.4, -0.2) is 4.98 Å². The smallest absolute Gasteiger partial charge is 0.0181 e. The summed E-state index contributed by atoms with van der Waals surface area (Å²) in [6, 6.07) is 2.27. The third kappa shape index (κ3) is 0.680. The molecule has 0 fully saturated rings. The van der Waals surface area contributed by atoms with Crippen molar-refractivity contribution in [2.24, 2.45) is 0 Å². The summed E-state index contributed by atoms with van der Waals surface area (Å²) in [5.74, 6) is 0. The molecule has 0 unspecified atom stereocenters. The van der Waals surface area contributed by atoms with E-state index in [1.165, 1.54) is 30.7 Å². The van der Waals surface area contributed by atoms with Crippen molar-refractivity contribution in [2.75, 3.05) is 0 Å². The zero-order valence-electron chi connectivity index (χ0n) is 5.70. The normalized spacial score (nSPS) is 16.1. The van der Waals surface area contributed by atoms with Crippen molar-refractivity contribution >= 4 is 0 Å². The molecule has 0 amide bonds. The Kier molecular flexibility index (Phi) is 0.922. The molecule has 1 nitrogen and oxygen atoms in total. The predicted molar refractivity (Wildman–Crippen MR) is 37.6 cm³/mol. The van der Waals surface area contributed by atoms with Gasteiger partial charge in [-0.05, 0) is 37.8 Å². The molecule has 1 aliphatic rings. The van der Waals surface area contributed by atoms with Crippen LogP contribution in [0.4, 0.5) is 0 Å². The van der Waals surface area contributed by atoms with Gasteiger partial charge in [0.2, 0.25) is 0 Å². The Morgan fingerprint density at radius 1 is 1.44 bits per heavy atom. The van der Waals surface area contributed by atoms with E-state index in [2.05, 4.69) is 18.0 Å². The van der Waals surface area contributed by atoms with Gasteiger partial charge in [0.25, 0.3) is 0 Å². The largest absolute Gasteiger partial charge is 0.362 e. The molecule has 0 saturated heterocycles. The van der Waals surface area contributed by atoms with Crippen LogP contribution >= 0.6 is 0 Å². The molecule has 48 valence electrons. The van der Waals surface area contributed by atoms with Crippen LogP contribution in [0.2, 0.25) is 0 Å². The Balaban J connectivity index is 2.51. The van der Waals surface area contributed by atoms with Gasteiger partial charge in [-0.3, -0.25) is 0 Å². The van der Waals surface area contributed by atoms with E-state index in [9.17, 15) is 0 Å². The summed E-state index contributed by atoms with van der Waals surface area (Å²) in [5.41, 5.74) is 4.35. The van der Waals surface area contributed by atoms with Crippen LogP contribution < -0.4 is 0 Å². The summed E-state index contributed by atoms with van der Waals surface area (Å²) in [5, 5.41) is 0. The number of aromatic amines is 1. The van der Waals surface area contributed by atoms with Crippen molar-refractivity contribution in [1.82, 2.24) is 4.98 Å². The molecule has 0 radical (unpaired) electrons. The molecule has 1 heteroatoms. The molecule has 1 heterocycles. The number of H-pyrrole nitrogens is 1. The van der Waals surface area contributed by atoms with Crippen LogP contribution in [0, 0.1) is 6.92 Å². The van der Waals surface area contributed by atoms with Crippen LogP contribution in [0.1, 0.15) is 23.4 Å². The standard InChI is InChI=1S/C8H11N/c1-6-5-7-3-2-4-8(7)9-6/h5,9H,2-4H2,1H3. The van der Waals surface area contributed by atoms with E-state index in [0.29, 0.717) is 0 Å². The number of aromatic nitrogens is 1. The van der Waals surface area contributed by atoms with Crippen molar-refractivity contribution < 1.29 is 0 Å². The Morgan fingerprint density at radius 3 is 3.11 bits per heavy atom. The zero-order chi connectivity index (χ0) is 6.27. The second-order valence-corrected chi connectivity index (χ2v) is 2.81. The molecule has 0 spiro atoms. The van der Waals surface area contributed by atoms with E-state index < -0.39 is 0 Å². The van der Waals surface area contributed by atoms with Crippen molar-refractivity contribution in [3.8, 4) is 0 Å². The van der Waals surface area contributed by atoms with Crippen molar-refractivity contribution in [3.05, 3.63) is 23.0 Å². The summed E-state index contributed by atoms with van der Waals surface area (Å²) < 4.78 is 0. The fourth-order valence-corrected chi connectivity index (χ4v) is 1.60. The van der Waals surface area contributed by atoms with E-state index in [1.807, 2.05) is 0 Å². The lowest BCUT2D eigenvalue weighted by molar-refractivity contribution is 0.888. The Hall–Kier alpha value is -0.720. The number of fused-ring (bicyclic) bond motifs is 1. The molecule has 1 aromatic heterocycles. The van der Waals surface area contributed by atoms with Gasteiger partial charge < -0.3 is 4.98 Å². The van der Waals surface area contributed by atoms with Gasteiger partial charge >= 0.3 is 0 Å². The lowest BCUT2D eigenvalue weighted by Gasteiger charge is -1.84. The highest BCUT2D eigenvalue weighted by Gasteiger charge is 2.11. The second-order valence-electron chi connectivity index (χ2n) is 2.81. The maximum absolute atomic E-state index is 3.36. The molecule has 1 N–H and O–H groups in total. The van der Waals surface area contributed by atoms with E-state index in [1.54, 1.807) is 5.56 Å². The maximum atomic E-state index is 3.36. The maximum Gasteiger partial charge on any atom is 0.0181 e. The third-order valence-electron chi connectivity index (χ3n) is 2.00. The quantitative estimate of drug-likeness (QED) is 0.538. The minimum absolute atomic E-state index is 1.27. The van der Waals surface area contributed by atoms with Crippen molar-refractivity contribution in [1.29, 1.82) is 0 Å². The van der Waals surface area contributed by atoms with Crippen LogP contribution in [-0.2, 0) is 12.8 Å². The SMILES string of the molecule is Cc1cc2c([nH]1)CCC2. The summed E-state index contributed by atoms with van der Waals surface area (Å²) >= 11 is 0. The molecule has 0 aliphatic heterocycles. The number of nitrogens with one attached hydrogen (secondary N) is 1.